The van der Waals surface area contributed by atoms with Gasteiger partial charge in [-0.05, 0) is 32.8 Å². The van der Waals surface area contributed by atoms with Gasteiger partial charge in [0.2, 0.25) is 0 Å². The van der Waals surface area contributed by atoms with Crippen LogP contribution in [0.3, 0.4) is 0 Å². The monoisotopic (exact) mass is 326 g/mol. The molecule has 2 aromatic rings. The number of amides is 1. The minimum atomic E-state index is -0.677. The number of carbonyl (C=O) groups excluding carboxylic acids is 1. The first-order chi connectivity index (χ1) is 8.97. The number of nitro groups is 1. The lowest BCUT2D eigenvalue weighted by molar-refractivity contribution is -0.389. The van der Waals surface area contributed by atoms with E-state index in [1.807, 2.05) is 0 Å². The second-order valence-electron chi connectivity index (χ2n) is 3.56. The molecule has 0 aliphatic rings. The number of aromatic nitrogens is 2. The van der Waals surface area contributed by atoms with E-state index in [9.17, 15) is 14.9 Å². The number of hydrogen-bond donors (Lipinski definition) is 1. The molecule has 8 nitrogen and oxygen atoms in total. The summed E-state index contributed by atoms with van der Waals surface area (Å²) in [6.45, 7) is 1.68. The van der Waals surface area contributed by atoms with Gasteiger partial charge in [-0.1, -0.05) is 5.16 Å². The number of anilines is 1. The van der Waals surface area contributed by atoms with Crippen molar-refractivity contribution in [2.75, 3.05) is 5.32 Å². The normalized spacial score (nSPS) is 10.2. The summed E-state index contributed by atoms with van der Waals surface area (Å²) in [5, 5.41) is 16.7. The van der Waals surface area contributed by atoms with Crippen LogP contribution in [0.4, 0.5) is 11.6 Å². The third-order valence-electron chi connectivity index (χ3n) is 2.14. The van der Waals surface area contributed by atoms with Crippen molar-refractivity contribution in [1.82, 2.24) is 10.1 Å². The van der Waals surface area contributed by atoms with Gasteiger partial charge in [0.05, 0.1) is 10.0 Å². The van der Waals surface area contributed by atoms with Crippen LogP contribution in [0.5, 0.6) is 0 Å². The van der Waals surface area contributed by atoms with E-state index < -0.39 is 16.6 Å². The summed E-state index contributed by atoms with van der Waals surface area (Å²) < 4.78 is 5.14. The molecule has 0 aliphatic heterocycles. The van der Waals surface area contributed by atoms with Gasteiger partial charge >= 0.3 is 5.82 Å². The van der Waals surface area contributed by atoms with Gasteiger partial charge in [0, 0.05) is 12.1 Å². The SMILES string of the molecule is Cc1cc(NC(=O)c2cc([N+](=O)[O-])ncc2Br)no1. The molecule has 0 bridgehead atoms. The summed E-state index contributed by atoms with van der Waals surface area (Å²) in [6.07, 6.45) is 1.20. The van der Waals surface area contributed by atoms with E-state index in [0.717, 1.165) is 6.07 Å². The molecule has 0 spiro atoms. The predicted molar refractivity (Wildman–Crippen MR) is 67.8 cm³/mol. The molecule has 19 heavy (non-hydrogen) atoms. The van der Waals surface area contributed by atoms with E-state index in [4.69, 9.17) is 4.52 Å². The minimum absolute atomic E-state index is 0.0855. The maximum atomic E-state index is 11.9. The van der Waals surface area contributed by atoms with E-state index in [1.165, 1.54) is 12.3 Å². The summed E-state index contributed by atoms with van der Waals surface area (Å²) in [7, 11) is 0. The van der Waals surface area contributed by atoms with Crippen molar-refractivity contribution in [3.63, 3.8) is 0 Å². The van der Waals surface area contributed by atoms with Crippen LogP contribution < -0.4 is 5.32 Å². The molecule has 0 aliphatic carbocycles. The summed E-state index contributed by atoms with van der Waals surface area (Å²) in [5.74, 6) is -0.195. The number of carbonyl (C=O) groups is 1. The molecule has 1 N–H and O–H groups in total. The maximum absolute atomic E-state index is 11.9. The smallest absolute Gasteiger partial charge is 0.360 e. The molecule has 0 saturated heterocycles. The van der Waals surface area contributed by atoms with Gasteiger partial charge in [-0.3, -0.25) is 4.79 Å². The van der Waals surface area contributed by atoms with Crippen LogP contribution in [0.2, 0.25) is 0 Å². The average molecular weight is 327 g/mol. The van der Waals surface area contributed by atoms with E-state index in [-0.39, 0.29) is 11.4 Å². The van der Waals surface area contributed by atoms with Gasteiger partial charge < -0.3 is 20.0 Å². The Morgan fingerprint density at radius 2 is 2.26 bits per heavy atom. The third kappa shape index (κ3) is 2.94. The quantitative estimate of drug-likeness (QED) is 0.684. The molecule has 0 unspecified atom stereocenters. The van der Waals surface area contributed by atoms with E-state index in [2.05, 4.69) is 31.4 Å². The fourth-order valence-electron chi connectivity index (χ4n) is 1.31. The highest BCUT2D eigenvalue weighted by Crippen LogP contribution is 2.21. The van der Waals surface area contributed by atoms with Crippen LogP contribution in [0.15, 0.2) is 27.3 Å². The Morgan fingerprint density at radius 1 is 1.53 bits per heavy atom. The first kappa shape index (κ1) is 13.1. The van der Waals surface area contributed by atoms with Gasteiger partial charge in [0.15, 0.2) is 12.0 Å². The zero-order valence-electron chi connectivity index (χ0n) is 9.58. The van der Waals surface area contributed by atoms with Crippen molar-refractivity contribution in [1.29, 1.82) is 0 Å². The van der Waals surface area contributed by atoms with Crippen molar-refractivity contribution in [2.24, 2.45) is 0 Å². The Hall–Kier alpha value is -2.29. The fraction of sp³-hybridized carbons (Fsp3) is 0.100. The van der Waals surface area contributed by atoms with Gasteiger partial charge in [-0.25, -0.2) is 0 Å². The number of nitrogens with zero attached hydrogens (tertiary/aromatic N) is 3. The fourth-order valence-corrected chi connectivity index (χ4v) is 1.71. The van der Waals surface area contributed by atoms with E-state index in [1.54, 1.807) is 6.92 Å². The van der Waals surface area contributed by atoms with Crippen molar-refractivity contribution in [3.05, 3.63) is 44.2 Å². The van der Waals surface area contributed by atoms with Crippen molar-refractivity contribution in [3.8, 4) is 0 Å². The standard InChI is InChI=1S/C10H7BrN4O4/c1-5-2-8(14-19-5)13-10(16)6-3-9(15(17)18)12-4-7(6)11/h2-4H,1H3,(H,13,14,16). The minimum Gasteiger partial charge on any atom is -0.360 e. The predicted octanol–water partition coefficient (Wildman–Crippen LogP) is 2.30. The number of halogens is 1. The molecule has 2 aromatic heterocycles. The molecule has 2 rings (SSSR count). The molecule has 98 valence electrons. The number of nitrogens with one attached hydrogen (secondary N) is 1. The molecule has 0 atom stereocenters. The Bertz CT molecular complexity index is 655. The highest BCUT2D eigenvalue weighted by Gasteiger charge is 2.18. The van der Waals surface area contributed by atoms with Gasteiger partial charge in [0.25, 0.3) is 5.91 Å². The lowest BCUT2D eigenvalue weighted by atomic mass is 10.2. The zero-order chi connectivity index (χ0) is 14.0. The van der Waals surface area contributed by atoms with Crippen LogP contribution in [0, 0.1) is 17.0 Å². The van der Waals surface area contributed by atoms with Gasteiger partial charge in [0.1, 0.15) is 5.76 Å². The molecular formula is C10H7BrN4O4. The topological polar surface area (TPSA) is 111 Å². The van der Waals surface area contributed by atoms with E-state index >= 15 is 0 Å². The molecule has 1 amide bonds. The first-order valence-electron chi connectivity index (χ1n) is 5.02. The molecule has 2 heterocycles. The number of hydrogen-bond acceptors (Lipinski definition) is 6. The number of pyridine rings is 1. The van der Waals surface area contributed by atoms with Gasteiger partial charge in [-0.15, -0.1) is 0 Å². The Morgan fingerprint density at radius 3 is 2.84 bits per heavy atom. The van der Waals surface area contributed by atoms with E-state index in [0.29, 0.717) is 10.2 Å². The molecule has 0 aromatic carbocycles. The second kappa shape index (κ2) is 5.14. The molecule has 9 heteroatoms. The lowest BCUT2D eigenvalue weighted by Gasteiger charge is -2.02. The highest BCUT2D eigenvalue weighted by molar-refractivity contribution is 9.10. The summed E-state index contributed by atoms with van der Waals surface area (Å²) in [5.41, 5.74) is 0.0855. The van der Waals surface area contributed by atoms with Crippen molar-refractivity contribution >= 4 is 33.5 Å². The zero-order valence-corrected chi connectivity index (χ0v) is 11.2. The Labute approximate surface area is 115 Å². The third-order valence-corrected chi connectivity index (χ3v) is 2.77. The summed E-state index contributed by atoms with van der Waals surface area (Å²) >= 11 is 3.11. The number of aryl methyl sites for hydroxylation is 1. The van der Waals surface area contributed by atoms with Crippen LogP contribution in [0.1, 0.15) is 16.1 Å². The Balaban J connectivity index is 2.27. The highest BCUT2D eigenvalue weighted by atomic mass is 79.9. The molecule has 0 saturated carbocycles. The molecule has 0 radical (unpaired) electrons. The van der Waals surface area contributed by atoms with Crippen molar-refractivity contribution < 1.29 is 14.2 Å². The van der Waals surface area contributed by atoms with Gasteiger partial charge in [-0.2, -0.15) is 0 Å². The summed E-state index contributed by atoms with van der Waals surface area (Å²) in [6, 6.07) is 2.60. The Kier molecular flexibility index (Phi) is 3.56. The van der Waals surface area contributed by atoms with Crippen LogP contribution in [-0.4, -0.2) is 21.0 Å². The largest absolute Gasteiger partial charge is 0.364 e. The summed E-state index contributed by atoms with van der Waals surface area (Å²) in [4.78, 5) is 25.5. The second-order valence-corrected chi connectivity index (χ2v) is 4.41. The van der Waals surface area contributed by atoms with Crippen LogP contribution in [0.25, 0.3) is 0 Å². The maximum Gasteiger partial charge on any atom is 0.364 e. The molecule has 0 fully saturated rings. The van der Waals surface area contributed by atoms with Crippen LogP contribution >= 0.6 is 15.9 Å². The molecular weight excluding hydrogens is 320 g/mol. The number of rotatable bonds is 3. The van der Waals surface area contributed by atoms with Crippen LogP contribution in [-0.2, 0) is 0 Å². The van der Waals surface area contributed by atoms with Crippen molar-refractivity contribution in [2.45, 2.75) is 6.92 Å². The average Bonchev–Trinajstić information content (AvgIpc) is 2.74. The lowest BCUT2D eigenvalue weighted by Crippen LogP contribution is -2.13. The first-order valence-corrected chi connectivity index (χ1v) is 5.81.